The average Bonchev–Trinajstić information content (AvgIpc) is 1.61. The van der Waals surface area contributed by atoms with Crippen molar-refractivity contribution in [3.05, 3.63) is 0 Å². The fourth-order valence-corrected chi connectivity index (χ4v) is 1.11. The molecule has 0 aliphatic heterocycles. The summed E-state index contributed by atoms with van der Waals surface area (Å²) in [5.74, 6) is 1.75. The standard InChI is InChI=1S/C5H10S3.Na/c1-4(2)3-8-5(6)7;/h4H,3H2,1-2H3,(H,6,7);/q;+1/p-1. The fraction of sp³-hybridized carbons (Fsp3) is 0.800. The van der Waals surface area contributed by atoms with Gasteiger partial charge in [0, 0.05) is 0 Å². The van der Waals surface area contributed by atoms with Crippen molar-refractivity contribution in [1.82, 2.24) is 0 Å². The summed E-state index contributed by atoms with van der Waals surface area (Å²) in [6.45, 7) is 4.31. The van der Waals surface area contributed by atoms with E-state index in [-0.39, 0.29) is 29.6 Å². The van der Waals surface area contributed by atoms with Crippen molar-refractivity contribution >= 4 is 40.1 Å². The molecule has 0 N–H and O–H groups in total. The van der Waals surface area contributed by atoms with Crippen LogP contribution in [0, 0.1) is 5.92 Å². The van der Waals surface area contributed by atoms with Crippen molar-refractivity contribution in [2.45, 2.75) is 13.8 Å². The Morgan fingerprint density at radius 2 is 2.11 bits per heavy atom. The van der Waals surface area contributed by atoms with E-state index in [0.717, 1.165) is 5.75 Å². The molecule has 0 saturated heterocycles. The van der Waals surface area contributed by atoms with Crippen LogP contribution < -0.4 is 29.6 Å². The molecule has 0 unspecified atom stereocenters. The van der Waals surface area contributed by atoms with Crippen LogP contribution in [0.25, 0.3) is 0 Å². The van der Waals surface area contributed by atoms with E-state index in [1.165, 1.54) is 0 Å². The smallest absolute Gasteiger partial charge is 0.422 e. The summed E-state index contributed by atoms with van der Waals surface area (Å²) in [5, 5.41) is 0. The minimum atomic E-state index is 0. The van der Waals surface area contributed by atoms with Crippen LogP contribution in [-0.4, -0.2) is 9.28 Å². The summed E-state index contributed by atoms with van der Waals surface area (Å²) in [6.07, 6.45) is 0. The molecule has 0 aliphatic rings. The maximum absolute atomic E-state index is 4.69. The number of hydrogen-bond acceptors (Lipinski definition) is 3. The van der Waals surface area contributed by atoms with Crippen LogP contribution in [0.15, 0.2) is 0 Å². The maximum Gasteiger partial charge on any atom is 1.00 e. The molecule has 0 aliphatic carbocycles. The zero-order valence-electron chi connectivity index (χ0n) is 6.01. The molecular formula is C5H9NaS3. The Kier molecular flexibility index (Phi) is 11.4. The molecule has 0 fully saturated rings. The van der Waals surface area contributed by atoms with Crippen LogP contribution in [0.4, 0.5) is 0 Å². The third kappa shape index (κ3) is 12.8. The number of thioether (sulfide) groups is 1. The first-order valence-corrected chi connectivity index (χ1v) is 4.27. The molecule has 9 heavy (non-hydrogen) atoms. The molecule has 0 heterocycles. The summed E-state index contributed by atoms with van der Waals surface area (Å²) in [6, 6.07) is 0. The largest absolute Gasteiger partial charge is 1.00 e. The zero-order chi connectivity index (χ0) is 6.57. The normalized spacial score (nSPS) is 8.78. The van der Waals surface area contributed by atoms with Gasteiger partial charge in [0.2, 0.25) is 0 Å². The minimum absolute atomic E-state index is 0. The van der Waals surface area contributed by atoms with E-state index in [0.29, 0.717) is 9.45 Å². The predicted molar refractivity (Wildman–Crippen MR) is 47.3 cm³/mol. The van der Waals surface area contributed by atoms with Crippen LogP contribution in [-0.2, 0) is 12.6 Å². The van der Waals surface area contributed by atoms with Gasteiger partial charge in [-0.25, -0.2) is 0 Å². The Hall–Kier alpha value is 1.66. The van der Waals surface area contributed by atoms with Gasteiger partial charge in [-0.05, 0) is 11.7 Å². The Morgan fingerprint density at radius 1 is 1.67 bits per heavy atom. The van der Waals surface area contributed by atoms with E-state index < -0.39 is 0 Å². The molecule has 0 aromatic heterocycles. The van der Waals surface area contributed by atoms with Gasteiger partial charge in [0.25, 0.3) is 0 Å². The molecule has 0 bridgehead atoms. The van der Waals surface area contributed by atoms with Crippen molar-refractivity contribution in [1.29, 1.82) is 0 Å². The number of thiocarbonyl (C=S) groups is 1. The van der Waals surface area contributed by atoms with Gasteiger partial charge in [0.15, 0.2) is 0 Å². The predicted octanol–water partition coefficient (Wildman–Crippen LogP) is -0.789. The molecule has 0 rings (SSSR count). The Morgan fingerprint density at radius 3 is 2.22 bits per heavy atom. The Labute approximate surface area is 94.2 Å². The first kappa shape index (κ1) is 13.3. The molecule has 48 valence electrons. The van der Waals surface area contributed by atoms with Gasteiger partial charge in [0.1, 0.15) is 0 Å². The first-order chi connectivity index (χ1) is 3.63. The summed E-state index contributed by atoms with van der Waals surface area (Å²) < 4.78 is 0.638. The first-order valence-electron chi connectivity index (χ1n) is 2.46. The number of rotatable bonds is 2. The van der Waals surface area contributed by atoms with Crippen molar-refractivity contribution in [2.24, 2.45) is 5.92 Å². The van der Waals surface area contributed by atoms with E-state index in [1.807, 2.05) is 0 Å². The Balaban J connectivity index is 0. The van der Waals surface area contributed by atoms with Gasteiger partial charge < -0.3 is 24.8 Å². The molecule has 0 atom stereocenters. The molecule has 0 saturated carbocycles. The van der Waals surface area contributed by atoms with E-state index in [1.54, 1.807) is 11.8 Å². The van der Waals surface area contributed by atoms with Crippen LogP contribution in [0.5, 0.6) is 0 Å². The summed E-state index contributed by atoms with van der Waals surface area (Å²) >= 11 is 11.0. The molecule has 0 aromatic rings. The topological polar surface area (TPSA) is 0 Å². The Bertz CT molecular complexity index is 82.3. The monoisotopic (exact) mass is 188 g/mol. The van der Waals surface area contributed by atoms with Gasteiger partial charge in [-0.15, -0.1) is 11.8 Å². The quantitative estimate of drug-likeness (QED) is 0.317. The van der Waals surface area contributed by atoms with E-state index >= 15 is 0 Å². The van der Waals surface area contributed by atoms with E-state index in [2.05, 4.69) is 13.8 Å². The molecule has 0 spiro atoms. The third-order valence-corrected chi connectivity index (χ3v) is 2.31. The average molecular weight is 188 g/mol. The van der Waals surface area contributed by atoms with Gasteiger partial charge in [-0.2, -0.15) is 0 Å². The van der Waals surface area contributed by atoms with Crippen LogP contribution in [0.2, 0.25) is 0 Å². The van der Waals surface area contributed by atoms with Crippen LogP contribution >= 0.6 is 24.0 Å². The van der Waals surface area contributed by atoms with Gasteiger partial charge in [-0.1, -0.05) is 17.4 Å². The summed E-state index contributed by atoms with van der Waals surface area (Å²) in [7, 11) is 0. The summed E-state index contributed by atoms with van der Waals surface area (Å²) in [5.41, 5.74) is 0. The molecule has 0 nitrogen and oxygen atoms in total. The maximum atomic E-state index is 4.69. The summed E-state index contributed by atoms with van der Waals surface area (Å²) in [4.78, 5) is 0. The molecule has 4 heteroatoms. The third-order valence-electron chi connectivity index (χ3n) is 0.535. The van der Waals surface area contributed by atoms with E-state index in [4.69, 9.17) is 24.8 Å². The molecule has 0 radical (unpaired) electrons. The van der Waals surface area contributed by atoms with Crippen molar-refractivity contribution < 1.29 is 29.6 Å². The van der Waals surface area contributed by atoms with Gasteiger partial charge in [-0.3, -0.25) is 0 Å². The van der Waals surface area contributed by atoms with Crippen molar-refractivity contribution in [2.75, 3.05) is 5.75 Å². The van der Waals surface area contributed by atoms with Gasteiger partial charge in [0.05, 0.1) is 0 Å². The zero-order valence-corrected chi connectivity index (χ0v) is 10.5. The second-order valence-corrected chi connectivity index (χ2v) is 4.58. The van der Waals surface area contributed by atoms with Gasteiger partial charge >= 0.3 is 29.6 Å². The second-order valence-electron chi connectivity index (χ2n) is 1.95. The molecule has 0 amide bonds. The SMILES string of the molecule is CC(C)CSC(=S)[S-].[Na+]. The molecule has 0 aromatic carbocycles. The second kappa shape index (κ2) is 7.76. The minimum Gasteiger partial charge on any atom is -0.422 e. The van der Waals surface area contributed by atoms with Crippen LogP contribution in [0.1, 0.15) is 13.8 Å². The van der Waals surface area contributed by atoms with Crippen LogP contribution in [0.3, 0.4) is 0 Å². The van der Waals surface area contributed by atoms with Crippen molar-refractivity contribution in [3.8, 4) is 0 Å². The van der Waals surface area contributed by atoms with Crippen molar-refractivity contribution in [3.63, 3.8) is 0 Å². The number of hydrogen-bond donors (Lipinski definition) is 0. The fourth-order valence-electron chi connectivity index (χ4n) is 0.235. The van der Waals surface area contributed by atoms with E-state index in [9.17, 15) is 0 Å². The molecular weight excluding hydrogens is 179 g/mol.